The molecule has 0 saturated heterocycles. The zero-order valence-corrected chi connectivity index (χ0v) is 50.0. The Bertz CT molecular complexity index is 5050. The van der Waals surface area contributed by atoms with Crippen LogP contribution in [0.5, 0.6) is 0 Å². The zero-order valence-electron chi connectivity index (χ0n) is 48.3. The first kappa shape index (κ1) is 49.3. The van der Waals surface area contributed by atoms with Crippen LogP contribution in [0, 0.1) is 23.7 Å². The van der Waals surface area contributed by atoms with Gasteiger partial charge in [-0.15, -0.1) is 22.7 Å². The number of anilines is 6. The topological polar surface area (TPSA) is 32.8 Å². The molecule has 410 valence electrons. The number of hydrogen-bond donors (Lipinski definition) is 0. The van der Waals surface area contributed by atoms with Crippen LogP contribution >= 0.6 is 22.7 Å². The Labute approximate surface area is 497 Å². The molecule has 0 amide bonds. The van der Waals surface area contributed by atoms with E-state index in [0.29, 0.717) is 11.8 Å². The van der Waals surface area contributed by atoms with E-state index in [4.69, 9.17) is 8.83 Å². The van der Waals surface area contributed by atoms with Crippen molar-refractivity contribution in [2.45, 2.75) is 89.9 Å². The largest absolute Gasteiger partial charge is 0.456 e. The van der Waals surface area contributed by atoms with Gasteiger partial charge >= 0.3 is 0 Å². The van der Waals surface area contributed by atoms with Crippen LogP contribution in [0.25, 0.3) is 95.3 Å². The quantitative estimate of drug-likeness (QED) is 0.166. The summed E-state index contributed by atoms with van der Waals surface area (Å²) in [5.74, 6) is 3.04. The molecule has 4 aromatic heterocycles. The van der Waals surface area contributed by atoms with E-state index in [2.05, 4.69) is 245 Å². The summed E-state index contributed by atoms with van der Waals surface area (Å²) in [6, 6.07) is 73.7. The third kappa shape index (κ3) is 7.16. The highest BCUT2D eigenvalue weighted by Gasteiger charge is 2.62. The summed E-state index contributed by atoms with van der Waals surface area (Å²) >= 11 is 3.94. The fraction of sp³-hybridized carbons (Fsp3) is 0.231. The molecule has 84 heavy (non-hydrogen) atoms. The molecule has 4 bridgehead atoms. The van der Waals surface area contributed by atoms with Crippen LogP contribution in [-0.4, -0.2) is 0 Å². The molecule has 4 nitrogen and oxygen atoms in total. The van der Waals surface area contributed by atoms with Crippen molar-refractivity contribution in [3.05, 3.63) is 216 Å². The van der Waals surface area contributed by atoms with E-state index >= 15 is 0 Å². The molecule has 0 atom stereocenters. The molecule has 5 aliphatic rings. The molecule has 0 N–H and O–H groups in total. The van der Waals surface area contributed by atoms with Gasteiger partial charge in [0.25, 0.3) is 0 Å². The van der Waals surface area contributed by atoms with Crippen LogP contribution < -0.4 is 9.80 Å². The molecule has 4 fully saturated rings. The Kier molecular flexibility index (Phi) is 10.2. The van der Waals surface area contributed by atoms with Crippen LogP contribution in [0.3, 0.4) is 0 Å². The number of para-hydroxylation sites is 2. The van der Waals surface area contributed by atoms with E-state index < -0.39 is 0 Å². The fourth-order valence-corrected chi connectivity index (χ4v) is 19.1. The highest BCUT2D eigenvalue weighted by atomic mass is 32.1. The summed E-state index contributed by atoms with van der Waals surface area (Å²) in [7, 11) is 0. The zero-order chi connectivity index (χ0) is 56.1. The Morgan fingerprint density at radius 3 is 1.21 bits per heavy atom. The second-order valence-corrected chi connectivity index (χ2v) is 29.5. The number of thiophene rings is 2. The van der Waals surface area contributed by atoms with Gasteiger partial charge in [-0.3, -0.25) is 0 Å². The van der Waals surface area contributed by atoms with Crippen molar-refractivity contribution < 1.29 is 8.83 Å². The summed E-state index contributed by atoms with van der Waals surface area (Å²) in [6.45, 7) is 13.7. The van der Waals surface area contributed by atoms with Gasteiger partial charge in [0, 0.05) is 114 Å². The number of furan rings is 2. The molecule has 0 radical (unpaired) electrons. The van der Waals surface area contributed by atoms with E-state index in [9.17, 15) is 0 Å². The summed E-state index contributed by atoms with van der Waals surface area (Å²) < 4.78 is 18.5. The van der Waals surface area contributed by atoms with Crippen molar-refractivity contribution in [1.82, 2.24) is 0 Å². The van der Waals surface area contributed by atoms with Crippen molar-refractivity contribution in [2.24, 2.45) is 23.7 Å². The number of hydrogen-bond acceptors (Lipinski definition) is 6. The van der Waals surface area contributed by atoms with Gasteiger partial charge in [-0.25, -0.2) is 0 Å². The Hall–Kier alpha value is -8.16. The lowest BCUT2D eigenvalue weighted by molar-refractivity contribution is -0.0398. The monoisotopic (exact) mass is 1120 g/mol. The van der Waals surface area contributed by atoms with Gasteiger partial charge in [-0.2, -0.15) is 0 Å². The minimum Gasteiger partial charge on any atom is -0.456 e. The van der Waals surface area contributed by atoms with Crippen molar-refractivity contribution in [3.63, 3.8) is 0 Å². The highest BCUT2D eigenvalue weighted by molar-refractivity contribution is 7.26. The predicted molar refractivity (Wildman–Crippen MR) is 357 cm³/mol. The van der Waals surface area contributed by atoms with Crippen LogP contribution in [0.2, 0.25) is 0 Å². The van der Waals surface area contributed by atoms with Gasteiger partial charge in [0.2, 0.25) is 0 Å². The predicted octanol–water partition coefficient (Wildman–Crippen LogP) is 23.5. The first-order valence-electron chi connectivity index (χ1n) is 30.4. The molecular formula is C78H64N2O2S2. The minimum absolute atomic E-state index is 0.0205. The maximum atomic E-state index is 6.52. The smallest absolute Gasteiger partial charge is 0.137 e. The van der Waals surface area contributed by atoms with E-state index in [0.717, 1.165) is 89.8 Å². The maximum Gasteiger partial charge on any atom is 0.137 e. The summed E-state index contributed by atoms with van der Waals surface area (Å²) in [4.78, 5) is 4.84. The van der Waals surface area contributed by atoms with Crippen LogP contribution in [0.15, 0.2) is 203 Å². The van der Waals surface area contributed by atoms with Gasteiger partial charge < -0.3 is 18.6 Å². The maximum absolute atomic E-state index is 6.52. The van der Waals surface area contributed by atoms with Gasteiger partial charge in [0.1, 0.15) is 22.3 Å². The van der Waals surface area contributed by atoms with E-state index in [1.807, 2.05) is 22.7 Å². The number of benzene rings is 10. The van der Waals surface area contributed by atoms with Gasteiger partial charge in [0.15, 0.2) is 0 Å². The Morgan fingerprint density at radius 1 is 0.345 bits per heavy atom. The van der Waals surface area contributed by atoms with Gasteiger partial charge in [-0.1, -0.05) is 114 Å². The van der Waals surface area contributed by atoms with Crippen molar-refractivity contribution in [2.75, 3.05) is 9.80 Å². The lowest BCUT2D eigenvalue weighted by Gasteiger charge is -2.61. The Morgan fingerprint density at radius 2 is 0.726 bits per heavy atom. The lowest BCUT2D eigenvalue weighted by atomic mass is 9.43. The SMILES string of the molecule is CC(C)(C)c1ccc(N(c2ccc3c(c2)oc2ccccc23)c2ccc3c(c2)sc2cc4c(cc23)-c2cc3sc5cc(N(c6ccc(C(C)(C)C)cc6)c6ccc7c(c6)oc6ccccc67)ccc5c3cc2C42C3CC4CC(C3)CC2C4)cc1. The van der Waals surface area contributed by atoms with Crippen LogP contribution in [0.4, 0.5) is 34.1 Å². The van der Waals surface area contributed by atoms with E-state index in [-0.39, 0.29) is 16.2 Å². The van der Waals surface area contributed by atoms with Gasteiger partial charge in [0.05, 0.1) is 0 Å². The molecule has 5 aliphatic carbocycles. The molecule has 19 rings (SSSR count). The lowest BCUT2D eigenvalue weighted by Crippen LogP contribution is -2.55. The van der Waals surface area contributed by atoms with E-state index in [1.54, 1.807) is 11.1 Å². The molecule has 4 saturated carbocycles. The van der Waals surface area contributed by atoms with Crippen molar-refractivity contribution >= 4 is 141 Å². The molecule has 0 aliphatic heterocycles. The molecule has 10 aromatic carbocycles. The average molecular weight is 1130 g/mol. The first-order chi connectivity index (χ1) is 40.8. The molecule has 14 aromatic rings. The van der Waals surface area contributed by atoms with Crippen molar-refractivity contribution in [3.8, 4) is 11.1 Å². The second-order valence-electron chi connectivity index (χ2n) is 27.3. The van der Waals surface area contributed by atoms with E-state index in [1.165, 1.54) is 94.7 Å². The first-order valence-corrected chi connectivity index (χ1v) is 32.1. The normalized spacial score (nSPS) is 20.1. The minimum atomic E-state index is 0.0205. The third-order valence-corrected chi connectivity index (χ3v) is 22.8. The van der Waals surface area contributed by atoms with Crippen molar-refractivity contribution in [1.29, 1.82) is 0 Å². The molecule has 1 spiro atoms. The fourth-order valence-electron chi connectivity index (χ4n) is 16.8. The number of nitrogens with zero attached hydrogens (tertiary/aromatic N) is 2. The Balaban J connectivity index is 0.784. The molecule has 4 heterocycles. The third-order valence-electron chi connectivity index (χ3n) is 20.5. The number of rotatable bonds is 6. The molecule has 6 heteroatoms. The van der Waals surface area contributed by atoms with Crippen LogP contribution in [0.1, 0.15) is 95.9 Å². The molecule has 0 unspecified atom stereocenters. The van der Waals surface area contributed by atoms with Gasteiger partial charge in [-0.05, 0) is 209 Å². The summed E-state index contributed by atoms with van der Waals surface area (Å²) in [6.07, 6.45) is 6.84. The summed E-state index contributed by atoms with van der Waals surface area (Å²) in [5.41, 5.74) is 19.3. The second kappa shape index (κ2) is 17.5. The summed E-state index contributed by atoms with van der Waals surface area (Å²) in [5, 5.41) is 10.0. The van der Waals surface area contributed by atoms with Crippen LogP contribution in [-0.2, 0) is 16.2 Å². The number of fused-ring (bicyclic) bond motifs is 15. The average Bonchev–Trinajstić information content (AvgIpc) is 1.52. The molecular weight excluding hydrogens is 1060 g/mol. The standard InChI is InChI=1S/C78H64N2O2S2/c1-76(2,3)46-15-19-50(20-16-46)79(52-23-27-58-56-11-7-9-13-68(56)81-70(58)36-52)54-25-29-60-64-40-62-63-42-74-65(41-66(63)78(67(62)43-75(64)84-72(60)38-54)48-32-44-31-45(34-48)35-49(78)33-44)61-30-26-55(39-73(61)83-74)80(51-21-17-47(18-22-51)77(4,5)6)53-24-28-59-57-12-8-10-14-69(57)82-71(59)37-53/h7-30,36-45,48-49H,31-35H2,1-6H3. The highest BCUT2D eigenvalue weighted by Crippen LogP contribution is 2.70.